The number of rotatable bonds is 2. The first-order valence-corrected chi connectivity index (χ1v) is 8.55. The first-order chi connectivity index (χ1) is 10.1. The van der Waals surface area contributed by atoms with E-state index in [0.717, 1.165) is 4.47 Å². The van der Waals surface area contributed by atoms with Crippen LogP contribution in [-0.4, -0.2) is 15.0 Å². The number of aromatic nitrogens is 3. The Morgan fingerprint density at radius 3 is 1.64 bits per heavy atom. The summed E-state index contributed by atoms with van der Waals surface area (Å²) in [6.07, 6.45) is 0. The SMILES string of the molecule is ClC(Cl)(Cl)c1nc(Nc2ccc(Br)cc2)nc(C(Cl)(Cl)Cl)n1. The van der Waals surface area contributed by atoms with Crippen LogP contribution in [0.1, 0.15) is 11.6 Å². The van der Waals surface area contributed by atoms with Gasteiger partial charge >= 0.3 is 0 Å². The highest BCUT2D eigenvalue weighted by Gasteiger charge is 2.33. The highest BCUT2D eigenvalue weighted by Crippen LogP contribution is 2.40. The Labute approximate surface area is 164 Å². The molecule has 0 amide bonds. The molecule has 0 bridgehead atoms. The number of halogens is 7. The van der Waals surface area contributed by atoms with Gasteiger partial charge in [0.15, 0.2) is 11.6 Å². The van der Waals surface area contributed by atoms with Crippen molar-refractivity contribution in [2.45, 2.75) is 7.59 Å². The number of hydrogen-bond acceptors (Lipinski definition) is 4. The highest BCUT2D eigenvalue weighted by atomic mass is 79.9. The van der Waals surface area contributed by atoms with Crippen LogP contribution in [0.4, 0.5) is 11.6 Å². The van der Waals surface area contributed by atoms with E-state index in [1.165, 1.54) is 0 Å². The van der Waals surface area contributed by atoms with Gasteiger partial charge in [-0.1, -0.05) is 85.5 Å². The minimum absolute atomic E-state index is 0.0833. The summed E-state index contributed by atoms with van der Waals surface area (Å²) >= 11 is 38.1. The summed E-state index contributed by atoms with van der Waals surface area (Å²) in [7, 11) is 0. The van der Waals surface area contributed by atoms with Gasteiger partial charge in [0, 0.05) is 10.2 Å². The summed E-state index contributed by atoms with van der Waals surface area (Å²) in [6, 6.07) is 7.24. The lowest BCUT2D eigenvalue weighted by Gasteiger charge is -2.16. The molecule has 0 radical (unpaired) electrons. The molecule has 11 heteroatoms. The lowest BCUT2D eigenvalue weighted by molar-refractivity contribution is 0.851. The van der Waals surface area contributed by atoms with Crippen molar-refractivity contribution >= 4 is 97.2 Å². The van der Waals surface area contributed by atoms with Crippen LogP contribution in [0.25, 0.3) is 0 Å². The van der Waals surface area contributed by atoms with Gasteiger partial charge in [0.05, 0.1) is 0 Å². The molecule has 0 aliphatic heterocycles. The maximum Gasteiger partial charge on any atom is 0.250 e. The molecule has 118 valence electrons. The van der Waals surface area contributed by atoms with Gasteiger partial charge in [0.1, 0.15) is 0 Å². The van der Waals surface area contributed by atoms with E-state index in [9.17, 15) is 0 Å². The highest BCUT2D eigenvalue weighted by molar-refractivity contribution is 9.10. The van der Waals surface area contributed by atoms with Crippen LogP contribution in [-0.2, 0) is 7.59 Å². The van der Waals surface area contributed by atoms with E-state index in [1.54, 1.807) is 12.1 Å². The molecule has 0 aliphatic carbocycles. The lowest BCUT2D eigenvalue weighted by Crippen LogP contribution is -2.17. The minimum atomic E-state index is -1.89. The van der Waals surface area contributed by atoms with Crippen LogP contribution in [0, 0.1) is 0 Å². The molecule has 2 rings (SSSR count). The van der Waals surface area contributed by atoms with Gasteiger partial charge in [-0.15, -0.1) is 0 Å². The number of hydrogen-bond donors (Lipinski definition) is 1. The topological polar surface area (TPSA) is 50.7 Å². The summed E-state index contributed by atoms with van der Waals surface area (Å²) in [4.78, 5) is 11.9. The third kappa shape index (κ3) is 5.13. The van der Waals surface area contributed by atoms with Crippen LogP contribution in [0.5, 0.6) is 0 Å². The van der Waals surface area contributed by atoms with Crippen LogP contribution >= 0.6 is 85.5 Å². The maximum absolute atomic E-state index is 5.79. The van der Waals surface area contributed by atoms with Gasteiger partial charge in [-0.25, -0.2) is 4.98 Å². The lowest BCUT2D eigenvalue weighted by atomic mass is 10.3. The van der Waals surface area contributed by atoms with Crippen molar-refractivity contribution in [2.24, 2.45) is 0 Å². The first kappa shape index (κ1) is 18.6. The summed E-state index contributed by atoms with van der Waals surface area (Å²) in [5.41, 5.74) is 0.694. The molecule has 0 saturated heterocycles. The molecule has 1 aromatic heterocycles. The van der Waals surface area contributed by atoms with E-state index >= 15 is 0 Å². The van der Waals surface area contributed by atoms with E-state index in [4.69, 9.17) is 69.6 Å². The fourth-order valence-electron chi connectivity index (χ4n) is 1.35. The number of nitrogens with zero attached hydrogens (tertiary/aromatic N) is 3. The van der Waals surface area contributed by atoms with Crippen LogP contribution in [0.3, 0.4) is 0 Å². The smallest absolute Gasteiger partial charge is 0.250 e. The predicted molar refractivity (Wildman–Crippen MR) is 95.7 cm³/mol. The number of nitrogens with one attached hydrogen (secondary N) is 1. The third-order valence-corrected chi connectivity index (χ3v) is 3.79. The fraction of sp³-hybridized carbons (Fsp3) is 0.182. The average Bonchev–Trinajstić information content (AvgIpc) is 2.39. The zero-order valence-electron chi connectivity index (χ0n) is 10.3. The average molecular weight is 486 g/mol. The maximum atomic E-state index is 5.79. The Balaban J connectivity index is 2.44. The zero-order valence-corrected chi connectivity index (χ0v) is 16.4. The first-order valence-electron chi connectivity index (χ1n) is 5.49. The quantitative estimate of drug-likeness (QED) is 0.528. The Morgan fingerprint density at radius 2 is 1.23 bits per heavy atom. The fourth-order valence-corrected chi connectivity index (χ4v) is 2.12. The summed E-state index contributed by atoms with van der Waals surface area (Å²) in [5.74, 6) is -0.234. The molecule has 1 aromatic carbocycles. The van der Waals surface area contributed by atoms with Crippen LogP contribution in [0.2, 0.25) is 0 Å². The van der Waals surface area contributed by atoms with E-state index in [2.05, 4.69) is 36.2 Å². The monoisotopic (exact) mass is 482 g/mol. The van der Waals surface area contributed by atoms with Gasteiger partial charge in [-0.2, -0.15) is 9.97 Å². The van der Waals surface area contributed by atoms with Gasteiger partial charge in [-0.05, 0) is 24.3 Å². The van der Waals surface area contributed by atoms with Crippen molar-refractivity contribution in [1.29, 1.82) is 0 Å². The molecule has 0 aliphatic rings. The molecule has 0 spiro atoms. The normalized spacial score (nSPS) is 12.3. The third-order valence-electron chi connectivity index (χ3n) is 2.24. The molecule has 0 fully saturated rings. The zero-order chi connectivity index (χ0) is 16.5. The van der Waals surface area contributed by atoms with Crippen molar-refractivity contribution in [2.75, 3.05) is 5.32 Å². The van der Waals surface area contributed by atoms with E-state index in [1.807, 2.05) is 12.1 Å². The van der Waals surface area contributed by atoms with E-state index in [-0.39, 0.29) is 17.6 Å². The molecule has 22 heavy (non-hydrogen) atoms. The van der Waals surface area contributed by atoms with Crippen molar-refractivity contribution in [3.63, 3.8) is 0 Å². The van der Waals surface area contributed by atoms with Gasteiger partial charge < -0.3 is 5.32 Å². The molecular weight excluding hydrogens is 481 g/mol. The van der Waals surface area contributed by atoms with Crippen molar-refractivity contribution in [3.05, 3.63) is 40.4 Å². The Kier molecular flexibility index (Phi) is 5.92. The Hall–Kier alpha value is 0.250. The van der Waals surface area contributed by atoms with Gasteiger partial charge in [-0.3, -0.25) is 0 Å². The summed E-state index contributed by atoms with van der Waals surface area (Å²) in [6.45, 7) is 0. The Morgan fingerprint density at radius 1 is 0.773 bits per heavy atom. The molecule has 0 saturated carbocycles. The van der Waals surface area contributed by atoms with Crippen LogP contribution < -0.4 is 5.32 Å². The number of benzene rings is 1. The molecule has 2 aromatic rings. The second-order valence-corrected chi connectivity index (χ2v) is 9.41. The molecule has 1 N–H and O–H groups in total. The van der Waals surface area contributed by atoms with Crippen molar-refractivity contribution in [1.82, 2.24) is 15.0 Å². The molecule has 0 atom stereocenters. The second kappa shape index (κ2) is 7.01. The molecule has 0 unspecified atom stereocenters. The van der Waals surface area contributed by atoms with E-state index in [0.29, 0.717) is 5.69 Å². The summed E-state index contributed by atoms with van der Waals surface area (Å²) in [5, 5.41) is 2.92. The van der Waals surface area contributed by atoms with Gasteiger partial charge in [0.2, 0.25) is 13.5 Å². The number of alkyl halides is 6. The largest absolute Gasteiger partial charge is 0.324 e. The summed E-state index contributed by atoms with van der Waals surface area (Å²) < 4.78 is -2.86. The molecular formula is C11H5BrCl6N4. The van der Waals surface area contributed by atoms with E-state index < -0.39 is 7.59 Å². The molecule has 1 heterocycles. The number of anilines is 2. The van der Waals surface area contributed by atoms with Gasteiger partial charge in [0.25, 0.3) is 0 Å². The van der Waals surface area contributed by atoms with Crippen LogP contribution in [0.15, 0.2) is 28.7 Å². The minimum Gasteiger partial charge on any atom is -0.324 e. The Bertz CT molecular complexity index is 636. The second-order valence-electron chi connectivity index (χ2n) is 3.93. The molecule has 4 nitrogen and oxygen atoms in total. The predicted octanol–water partition coefficient (Wildman–Crippen LogP) is 6.03. The standard InChI is InChI=1S/C11H5BrCl6N4/c12-5-1-3-6(4-2-5)19-9-21-7(10(13,14)15)20-8(22-9)11(16,17)18/h1-4H,(H,19,20,21,22). The van der Waals surface area contributed by atoms with Crippen molar-refractivity contribution in [3.8, 4) is 0 Å². The van der Waals surface area contributed by atoms with Crippen molar-refractivity contribution < 1.29 is 0 Å².